The van der Waals surface area contributed by atoms with Gasteiger partial charge in [0.25, 0.3) is 0 Å². The Kier molecular flexibility index (Phi) is 4.76. The molecule has 0 aliphatic carbocycles. The molecule has 0 radical (unpaired) electrons. The maximum atomic E-state index is 4.33. The average molecular weight is 260 g/mol. The van der Waals surface area contributed by atoms with E-state index in [4.69, 9.17) is 0 Å². The number of nitrogens with zero attached hydrogens (tertiary/aromatic N) is 1. The van der Waals surface area contributed by atoms with Crippen LogP contribution in [0.2, 0.25) is 0 Å². The lowest BCUT2D eigenvalue weighted by Crippen LogP contribution is -2.05. The van der Waals surface area contributed by atoms with Crippen LogP contribution in [0.3, 0.4) is 0 Å². The van der Waals surface area contributed by atoms with Crippen molar-refractivity contribution in [3.05, 3.63) is 46.4 Å². The third-order valence-corrected chi connectivity index (χ3v) is 3.94. The zero-order valence-electron chi connectivity index (χ0n) is 11.0. The highest BCUT2D eigenvalue weighted by molar-refractivity contribution is 7.09. The maximum Gasteiger partial charge on any atom is 0.115 e. The third-order valence-electron chi connectivity index (χ3n) is 2.98. The molecule has 0 bridgehead atoms. The van der Waals surface area contributed by atoms with Gasteiger partial charge in [-0.2, -0.15) is 0 Å². The maximum absolute atomic E-state index is 4.33. The highest BCUT2D eigenvalue weighted by Crippen LogP contribution is 2.21. The fourth-order valence-electron chi connectivity index (χ4n) is 1.91. The SMILES string of the molecule is CCCCc1ccc(NC(C)c2nccs2)cc1. The van der Waals surface area contributed by atoms with Gasteiger partial charge in [-0.1, -0.05) is 25.5 Å². The minimum atomic E-state index is 0.270. The summed E-state index contributed by atoms with van der Waals surface area (Å²) in [5.74, 6) is 0. The normalized spacial score (nSPS) is 12.3. The molecule has 1 N–H and O–H groups in total. The molecule has 1 aromatic carbocycles. The first-order valence-electron chi connectivity index (χ1n) is 6.54. The summed E-state index contributed by atoms with van der Waals surface area (Å²) in [6.45, 7) is 4.37. The zero-order valence-corrected chi connectivity index (χ0v) is 11.8. The van der Waals surface area contributed by atoms with Crippen molar-refractivity contribution in [2.45, 2.75) is 39.2 Å². The molecule has 18 heavy (non-hydrogen) atoms. The van der Waals surface area contributed by atoms with Crippen LogP contribution in [0.5, 0.6) is 0 Å². The molecule has 2 aromatic rings. The van der Waals surface area contributed by atoms with Crippen LogP contribution in [0.4, 0.5) is 5.69 Å². The number of benzene rings is 1. The Balaban J connectivity index is 1.93. The van der Waals surface area contributed by atoms with Gasteiger partial charge < -0.3 is 5.32 Å². The summed E-state index contributed by atoms with van der Waals surface area (Å²) < 4.78 is 0. The smallest absolute Gasteiger partial charge is 0.115 e. The number of unbranched alkanes of at least 4 members (excludes halogenated alkanes) is 1. The van der Waals surface area contributed by atoms with E-state index in [0.717, 1.165) is 10.7 Å². The van der Waals surface area contributed by atoms with Crippen molar-refractivity contribution in [3.8, 4) is 0 Å². The van der Waals surface area contributed by atoms with E-state index < -0.39 is 0 Å². The minimum Gasteiger partial charge on any atom is -0.376 e. The molecule has 1 unspecified atom stereocenters. The van der Waals surface area contributed by atoms with Crippen molar-refractivity contribution in [2.24, 2.45) is 0 Å². The number of hydrogen-bond donors (Lipinski definition) is 1. The minimum absolute atomic E-state index is 0.270. The fraction of sp³-hybridized carbons (Fsp3) is 0.400. The summed E-state index contributed by atoms with van der Waals surface area (Å²) in [6.07, 6.45) is 5.55. The Bertz CT molecular complexity index is 448. The number of thiazole rings is 1. The highest BCUT2D eigenvalue weighted by Gasteiger charge is 2.07. The van der Waals surface area contributed by atoms with E-state index in [2.05, 4.69) is 48.4 Å². The molecular formula is C15H20N2S. The van der Waals surface area contributed by atoms with Gasteiger partial charge in [0.05, 0.1) is 6.04 Å². The summed E-state index contributed by atoms with van der Waals surface area (Å²) in [4.78, 5) is 4.33. The van der Waals surface area contributed by atoms with Crippen LogP contribution in [0.1, 0.15) is 43.3 Å². The molecule has 1 heterocycles. The number of anilines is 1. The first-order chi connectivity index (χ1) is 8.79. The summed E-state index contributed by atoms with van der Waals surface area (Å²) in [6, 6.07) is 9.02. The molecule has 0 aliphatic rings. The van der Waals surface area contributed by atoms with Crippen molar-refractivity contribution in [3.63, 3.8) is 0 Å². The predicted octanol–water partition coefficient (Wildman–Crippen LogP) is 4.66. The Morgan fingerprint density at radius 1 is 1.28 bits per heavy atom. The molecule has 2 rings (SSSR count). The van der Waals surface area contributed by atoms with Crippen molar-refractivity contribution in [1.29, 1.82) is 0 Å². The van der Waals surface area contributed by atoms with Crippen molar-refractivity contribution in [2.75, 3.05) is 5.32 Å². The Labute approximate surface area is 113 Å². The second kappa shape index (κ2) is 6.55. The lowest BCUT2D eigenvalue weighted by atomic mass is 10.1. The molecule has 0 amide bonds. The number of rotatable bonds is 6. The largest absolute Gasteiger partial charge is 0.376 e. The van der Waals surface area contributed by atoms with Gasteiger partial charge in [0.1, 0.15) is 5.01 Å². The van der Waals surface area contributed by atoms with Gasteiger partial charge in [-0.25, -0.2) is 4.98 Å². The molecule has 2 nitrogen and oxygen atoms in total. The lowest BCUT2D eigenvalue weighted by molar-refractivity contribution is 0.795. The summed E-state index contributed by atoms with van der Waals surface area (Å²) in [7, 11) is 0. The van der Waals surface area contributed by atoms with Crippen LogP contribution in [-0.2, 0) is 6.42 Å². The standard InChI is InChI=1S/C15H20N2S/c1-3-4-5-13-6-8-14(9-7-13)17-12(2)15-16-10-11-18-15/h6-12,17H,3-5H2,1-2H3. The van der Waals surface area contributed by atoms with E-state index in [1.165, 1.54) is 24.8 Å². The van der Waals surface area contributed by atoms with Crippen LogP contribution >= 0.6 is 11.3 Å². The molecule has 0 saturated carbocycles. The second-order valence-corrected chi connectivity index (χ2v) is 5.46. The van der Waals surface area contributed by atoms with E-state index >= 15 is 0 Å². The Morgan fingerprint density at radius 3 is 2.67 bits per heavy atom. The number of nitrogens with one attached hydrogen (secondary N) is 1. The van der Waals surface area contributed by atoms with Crippen LogP contribution in [-0.4, -0.2) is 4.98 Å². The van der Waals surface area contributed by atoms with E-state index in [1.54, 1.807) is 11.3 Å². The fourth-order valence-corrected chi connectivity index (χ4v) is 2.55. The summed E-state index contributed by atoms with van der Waals surface area (Å²) in [5.41, 5.74) is 2.59. The van der Waals surface area contributed by atoms with Gasteiger partial charge in [-0.05, 0) is 37.5 Å². The summed E-state index contributed by atoms with van der Waals surface area (Å²) in [5, 5.41) is 6.62. The van der Waals surface area contributed by atoms with E-state index in [-0.39, 0.29) is 6.04 Å². The zero-order chi connectivity index (χ0) is 12.8. The molecule has 3 heteroatoms. The van der Waals surface area contributed by atoms with Gasteiger partial charge in [0.2, 0.25) is 0 Å². The van der Waals surface area contributed by atoms with E-state index in [1.807, 2.05) is 11.6 Å². The molecular weight excluding hydrogens is 240 g/mol. The van der Waals surface area contributed by atoms with Crippen molar-refractivity contribution >= 4 is 17.0 Å². The topological polar surface area (TPSA) is 24.9 Å². The second-order valence-electron chi connectivity index (χ2n) is 4.54. The Morgan fingerprint density at radius 2 is 2.06 bits per heavy atom. The molecule has 1 atom stereocenters. The van der Waals surface area contributed by atoms with Gasteiger partial charge in [-0.3, -0.25) is 0 Å². The summed E-state index contributed by atoms with van der Waals surface area (Å²) >= 11 is 1.69. The number of aryl methyl sites for hydroxylation is 1. The molecule has 0 spiro atoms. The van der Waals surface area contributed by atoms with E-state index in [0.29, 0.717) is 0 Å². The van der Waals surface area contributed by atoms with Crippen LogP contribution in [0.25, 0.3) is 0 Å². The quantitative estimate of drug-likeness (QED) is 0.817. The molecule has 0 fully saturated rings. The monoisotopic (exact) mass is 260 g/mol. The van der Waals surface area contributed by atoms with Gasteiger partial charge >= 0.3 is 0 Å². The number of hydrogen-bond acceptors (Lipinski definition) is 3. The van der Waals surface area contributed by atoms with Gasteiger partial charge in [0, 0.05) is 17.3 Å². The first kappa shape index (κ1) is 13.1. The molecule has 96 valence electrons. The van der Waals surface area contributed by atoms with Crippen LogP contribution in [0, 0.1) is 0 Å². The van der Waals surface area contributed by atoms with Gasteiger partial charge in [-0.15, -0.1) is 11.3 Å². The average Bonchev–Trinajstić information content (AvgIpc) is 2.92. The van der Waals surface area contributed by atoms with Crippen LogP contribution in [0.15, 0.2) is 35.8 Å². The Hall–Kier alpha value is -1.35. The lowest BCUT2D eigenvalue weighted by Gasteiger charge is -2.13. The van der Waals surface area contributed by atoms with Gasteiger partial charge in [0.15, 0.2) is 0 Å². The van der Waals surface area contributed by atoms with E-state index in [9.17, 15) is 0 Å². The third kappa shape index (κ3) is 3.57. The molecule has 0 aliphatic heterocycles. The van der Waals surface area contributed by atoms with Crippen LogP contribution < -0.4 is 5.32 Å². The highest BCUT2D eigenvalue weighted by atomic mass is 32.1. The predicted molar refractivity (Wildman–Crippen MR) is 79.2 cm³/mol. The molecule has 0 saturated heterocycles. The molecule has 1 aromatic heterocycles. The first-order valence-corrected chi connectivity index (χ1v) is 7.42. The number of aromatic nitrogens is 1. The van der Waals surface area contributed by atoms with Crippen molar-refractivity contribution in [1.82, 2.24) is 4.98 Å². The van der Waals surface area contributed by atoms with Crippen molar-refractivity contribution < 1.29 is 0 Å².